The normalized spacial score (nSPS) is 26.2. The zero-order chi connectivity index (χ0) is 41.5. The molecule has 0 unspecified atom stereocenters. The van der Waals surface area contributed by atoms with Crippen LogP contribution in [-0.4, -0.2) is 119 Å². The van der Waals surface area contributed by atoms with Crippen LogP contribution in [0.15, 0.2) is 24.3 Å². The number of anilines is 1. The largest absolute Gasteiger partial charge is 0.468 e. The van der Waals surface area contributed by atoms with Crippen LogP contribution >= 0.6 is 0 Å². The van der Waals surface area contributed by atoms with Crippen molar-refractivity contribution in [2.24, 2.45) is 0 Å². The number of benzene rings is 2. The van der Waals surface area contributed by atoms with Gasteiger partial charge in [-0.3, -0.25) is 9.80 Å². The van der Waals surface area contributed by atoms with Gasteiger partial charge in [0, 0.05) is 37.6 Å². The SMILES string of the molecule is C#Cc1c(F)ccc2cc(OCOC)cc(-c3nc4c5c(nc(OC[C@@]67CCCN6C[C@H](F)C7)nc5c3F)N3C[C@H]5CC[C@@H]([C@H]3[C@@H](C(F)F)O4)N5C(=O)OC(C)(C)C)c12. The van der Waals surface area contributed by atoms with Gasteiger partial charge in [0.2, 0.25) is 5.88 Å². The molecule has 4 aromatic rings. The minimum Gasteiger partial charge on any atom is -0.468 e. The number of halogens is 5. The standard InChI is InChI=1S/C42H43F5N6O6/c1-6-25-27(44)10-8-21-14-24(57-20-55-5)15-26(29(21)25)32-31(45)33-30-37(50-39(49-33)56-19-42-12-7-13-51(42)17-22(43)16-42)52-18-23-9-11-28(53(23)40(54)59-41(2,3)4)34(52)35(36(46)47)58-38(30)48-32/h1,8,10,14-15,22-23,28,34-36H,7,9,11-13,16-20H2,2-5H3/t22-,23-,28+,34+,35+,42+/m1/s1. The monoisotopic (exact) mass is 822 g/mol. The second-order valence-electron chi connectivity index (χ2n) is 16.9. The van der Waals surface area contributed by atoms with Gasteiger partial charge in [-0.25, -0.2) is 31.7 Å². The van der Waals surface area contributed by atoms with Crippen LogP contribution < -0.4 is 19.1 Å². The van der Waals surface area contributed by atoms with Crippen molar-refractivity contribution in [3.63, 3.8) is 0 Å². The van der Waals surface area contributed by atoms with Gasteiger partial charge < -0.3 is 28.6 Å². The Hall–Kier alpha value is -5.21. The Kier molecular flexibility index (Phi) is 9.65. The number of carbonyl (C=O) groups excluding carboxylic acids is 1. The average Bonchev–Trinajstić information content (AvgIpc) is 3.80. The molecule has 1 amide bonds. The number of piperazine rings is 1. The second kappa shape index (κ2) is 14.5. The molecule has 2 aromatic carbocycles. The van der Waals surface area contributed by atoms with E-state index in [2.05, 4.69) is 15.9 Å². The minimum absolute atomic E-state index is 0.00360. The van der Waals surface area contributed by atoms with Crippen molar-refractivity contribution in [1.82, 2.24) is 24.8 Å². The quantitative estimate of drug-likeness (QED) is 0.104. The molecule has 0 saturated carbocycles. The number of nitrogens with zero attached hydrogens (tertiary/aromatic N) is 6. The zero-order valence-corrected chi connectivity index (χ0v) is 32.9. The highest BCUT2D eigenvalue weighted by molar-refractivity contribution is 6.04. The third-order valence-electron chi connectivity index (χ3n) is 12.1. The summed E-state index contributed by atoms with van der Waals surface area (Å²) in [6.45, 7) is 5.96. The van der Waals surface area contributed by atoms with Crippen molar-refractivity contribution >= 4 is 33.6 Å². The summed E-state index contributed by atoms with van der Waals surface area (Å²) < 4.78 is 108. The van der Waals surface area contributed by atoms with Crippen LogP contribution in [0.3, 0.4) is 0 Å². The maximum Gasteiger partial charge on any atom is 0.410 e. The van der Waals surface area contributed by atoms with Crippen LogP contribution in [-0.2, 0) is 9.47 Å². The van der Waals surface area contributed by atoms with Crippen molar-refractivity contribution in [3.05, 3.63) is 41.5 Å². The van der Waals surface area contributed by atoms with Gasteiger partial charge in [-0.05, 0) is 76.6 Å². The Morgan fingerprint density at radius 1 is 1.10 bits per heavy atom. The Morgan fingerprint density at radius 2 is 1.92 bits per heavy atom. The molecule has 0 spiro atoms. The maximum atomic E-state index is 17.6. The van der Waals surface area contributed by atoms with Gasteiger partial charge in [-0.1, -0.05) is 12.0 Å². The number of pyridine rings is 1. The van der Waals surface area contributed by atoms with Crippen molar-refractivity contribution in [1.29, 1.82) is 0 Å². The van der Waals surface area contributed by atoms with Crippen LogP contribution in [0.1, 0.15) is 58.4 Å². The molecule has 59 heavy (non-hydrogen) atoms. The van der Waals surface area contributed by atoms with Crippen LogP contribution in [0.2, 0.25) is 0 Å². The predicted molar refractivity (Wildman–Crippen MR) is 206 cm³/mol. The number of ether oxygens (including phenoxy) is 5. The molecule has 0 radical (unpaired) electrons. The van der Waals surface area contributed by atoms with Gasteiger partial charge in [0.05, 0.1) is 29.2 Å². The average molecular weight is 823 g/mol. The van der Waals surface area contributed by atoms with Crippen LogP contribution in [0.25, 0.3) is 32.9 Å². The molecule has 0 N–H and O–H groups in total. The lowest BCUT2D eigenvalue weighted by atomic mass is 9.95. The first-order chi connectivity index (χ1) is 28.2. The van der Waals surface area contributed by atoms with E-state index in [0.29, 0.717) is 31.2 Å². The predicted octanol–water partition coefficient (Wildman–Crippen LogP) is 7.03. The van der Waals surface area contributed by atoms with Crippen molar-refractivity contribution in [3.8, 4) is 41.2 Å². The molecule has 7 heterocycles. The van der Waals surface area contributed by atoms with Crippen LogP contribution in [0, 0.1) is 24.0 Å². The Morgan fingerprint density at radius 3 is 2.66 bits per heavy atom. The Bertz CT molecular complexity index is 2390. The van der Waals surface area contributed by atoms with Crippen LogP contribution in [0.5, 0.6) is 17.6 Å². The molecule has 2 aromatic heterocycles. The number of methoxy groups -OCH3 is 1. The summed E-state index contributed by atoms with van der Waals surface area (Å²) in [4.78, 5) is 32.8. The van der Waals surface area contributed by atoms with Crippen molar-refractivity contribution < 1.29 is 50.4 Å². The van der Waals surface area contributed by atoms with E-state index in [1.165, 1.54) is 30.2 Å². The number of alkyl halides is 3. The highest BCUT2D eigenvalue weighted by Gasteiger charge is 2.57. The summed E-state index contributed by atoms with van der Waals surface area (Å²) in [5, 5.41) is 0.374. The molecule has 9 rings (SSSR count). The van der Waals surface area contributed by atoms with E-state index in [9.17, 15) is 9.18 Å². The molecule has 0 aliphatic carbocycles. The highest BCUT2D eigenvalue weighted by atomic mass is 19.3. The summed E-state index contributed by atoms with van der Waals surface area (Å²) >= 11 is 0. The number of fused-ring (bicyclic) bond motifs is 7. The van der Waals surface area contributed by atoms with Crippen molar-refractivity contribution in [2.75, 3.05) is 45.0 Å². The van der Waals surface area contributed by atoms with Gasteiger partial charge in [0.1, 0.15) is 52.4 Å². The summed E-state index contributed by atoms with van der Waals surface area (Å²) in [5.41, 5.74) is -2.52. The fourth-order valence-electron chi connectivity index (χ4n) is 9.84. The number of hydrogen-bond acceptors (Lipinski definition) is 11. The topological polar surface area (TPSA) is 112 Å². The lowest BCUT2D eigenvalue weighted by molar-refractivity contribution is -0.0371. The fraction of sp³-hybridized carbons (Fsp3) is 0.524. The number of amides is 1. The number of terminal acetylenes is 1. The maximum absolute atomic E-state index is 17.6. The van der Waals surface area contributed by atoms with E-state index in [4.69, 9.17) is 35.1 Å². The smallest absolute Gasteiger partial charge is 0.410 e. The Balaban J connectivity index is 1.26. The molecule has 312 valence electrons. The van der Waals surface area contributed by atoms with Gasteiger partial charge >= 0.3 is 12.1 Å². The molecule has 5 aliphatic heterocycles. The number of hydrogen-bond donors (Lipinski definition) is 0. The van der Waals surface area contributed by atoms with Crippen LogP contribution in [0.4, 0.5) is 32.6 Å². The zero-order valence-electron chi connectivity index (χ0n) is 32.9. The molecule has 12 nitrogen and oxygen atoms in total. The Labute approximate surface area is 336 Å². The number of carbonyl (C=O) groups is 1. The highest BCUT2D eigenvalue weighted by Crippen LogP contribution is 2.49. The summed E-state index contributed by atoms with van der Waals surface area (Å²) in [7, 11) is 1.42. The van der Waals surface area contributed by atoms with Crippen molar-refractivity contribution in [2.45, 2.75) is 101 Å². The first-order valence-corrected chi connectivity index (χ1v) is 19.7. The molecular weight excluding hydrogens is 779 g/mol. The van der Waals surface area contributed by atoms with E-state index in [0.717, 1.165) is 6.42 Å². The van der Waals surface area contributed by atoms with E-state index in [-0.39, 0.29) is 77.9 Å². The third-order valence-corrected chi connectivity index (χ3v) is 12.1. The van der Waals surface area contributed by atoms with E-state index in [1.807, 2.05) is 4.90 Å². The van der Waals surface area contributed by atoms with E-state index in [1.54, 1.807) is 31.7 Å². The summed E-state index contributed by atoms with van der Waals surface area (Å²) in [6, 6.07) is 2.82. The summed E-state index contributed by atoms with van der Waals surface area (Å²) in [6.07, 6.45) is 1.66. The minimum atomic E-state index is -3.12. The molecule has 6 atom stereocenters. The second-order valence-corrected chi connectivity index (χ2v) is 16.9. The number of aromatic nitrogens is 3. The lowest BCUT2D eigenvalue weighted by Crippen LogP contribution is -2.67. The summed E-state index contributed by atoms with van der Waals surface area (Å²) in [5.74, 6) is 0.373. The molecule has 17 heteroatoms. The first kappa shape index (κ1) is 39.3. The van der Waals surface area contributed by atoms with E-state index >= 15 is 17.6 Å². The lowest BCUT2D eigenvalue weighted by Gasteiger charge is -2.48. The third kappa shape index (κ3) is 6.59. The number of rotatable bonds is 8. The molecule has 2 bridgehead atoms. The van der Waals surface area contributed by atoms with Gasteiger partial charge in [-0.15, -0.1) is 6.42 Å². The van der Waals surface area contributed by atoms with Gasteiger partial charge in [0.15, 0.2) is 18.7 Å². The van der Waals surface area contributed by atoms with Gasteiger partial charge in [0.25, 0.3) is 6.43 Å². The molecule has 5 aliphatic rings. The molecular formula is C42H43F5N6O6. The van der Waals surface area contributed by atoms with Gasteiger partial charge in [-0.2, -0.15) is 9.97 Å². The fourth-order valence-corrected chi connectivity index (χ4v) is 9.84. The molecule has 4 saturated heterocycles. The molecule has 4 fully saturated rings. The van der Waals surface area contributed by atoms with E-state index < -0.39 is 77.3 Å². The first-order valence-electron chi connectivity index (χ1n) is 19.7.